The molecular formula is C21H22N2O. The lowest BCUT2D eigenvalue weighted by atomic mass is 9.98. The second-order valence-corrected chi connectivity index (χ2v) is 6.41. The van der Waals surface area contributed by atoms with Gasteiger partial charge in [0.15, 0.2) is 0 Å². The van der Waals surface area contributed by atoms with Gasteiger partial charge >= 0.3 is 0 Å². The lowest BCUT2D eigenvalue weighted by Crippen LogP contribution is -2.32. The van der Waals surface area contributed by atoms with Gasteiger partial charge in [-0.1, -0.05) is 54.6 Å². The van der Waals surface area contributed by atoms with E-state index < -0.39 is 6.10 Å². The molecule has 2 N–H and O–H groups in total. The Bertz CT molecular complexity index is 850. The summed E-state index contributed by atoms with van der Waals surface area (Å²) >= 11 is 0. The van der Waals surface area contributed by atoms with Crippen molar-refractivity contribution in [3.63, 3.8) is 0 Å². The third kappa shape index (κ3) is 3.01. The lowest BCUT2D eigenvalue weighted by Gasteiger charge is -2.28. The van der Waals surface area contributed by atoms with Gasteiger partial charge in [0.2, 0.25) is 0 Å². The van der Waals surface area contributed by atoms with E-state index in [1.807, 2.05) is 30.3 Å². The van der Waals surface area contributed by atoms with Crippen molar-refractivity contribution in [1.29, 1.82) is 0 Å². The predicted octanol–water partition coefficient (Wildman–Crippen LogP) is 3.99. The van der Waals surface area contributed by atoms with E-state index >= 15 is 0 Å². The van der Waals surface area contributed by atoms with E-state index in [-0.39, 0.29) is 0 Å². The fourth-order valence-corrected chi connectivity index (χ4v) is 3.48. The Morgan fingerprint density at radius 3 is 2.62 bits per heavy atom. The number of aromatic amines is 1. The van der Waals surface area contributed by atoms with Crippen LogP contribution in [0.15, 0.2) is 66.9 Å². The second-order valence-electron chi connectivity index (χ2n) is 6.41. The number of para-hydroxylation sites is 1. The van der Waals surface area contributed by atoms with Crippen LogP contribution in [0.2, 0.25) is 0 Å². The maximum absolute atomic E-state index is 10.4. The highest BCUT2D eigenvalue weighted by Gasteiger charge is 2.18. The molecule has 1 aliphatic rings. The topological polar surface area (TPSA) is 39.3 Å². The molecule has 0 aliphatic carbocycles. The summed E-state index contributed by atoms with van der Waals surface area (Å²) < 4.78 is 0. The number of aliphatic hydroxyl groups excluding tert-OH is 1. The van der Waals surface area contributed by atoms with Crippen LogP contribution < -0.4 is 0 Å². The highest BCUT2D eigenvalue weighted by molar-refractivity contribution is 5.92. The smallest absolute Gasteiger partial charge is 0.0917 e. The van der Waals surface area contributed by atoms with Crippen molar-refractivity contribution >= 4 is 16.5 Å². The normalized spacial score (nSPS) is 17.0. The lowest BCUT2D eigenvalue weighted by molar-refractivity contribution is 0.119. The monoisotopic (exact) mass is 318 g/mol. The van der Waals surface area contributed by atoms with Gasteiger partial charge in [0, 0.05) is 42.3 Å². The second kappa shape index (κ2) is 6.63. The molecule has 122 valence electrons. The Labute approximate surface area is 142 Å². The molecule has 4 rings (SSSR count). The maximum atomic E-state index is 10.4. The summed E-state index contributed by atoms with van der Waals surface area (Å²) in [6.07, 6.45) is 5.01. The standard InChI is InChI=1S/C21H22N2O/c24-21(17-6-2-1-3-7-17)15-23-12-10-16(11-13-23)19-14-22-20-9-5-4-8-18(19)20/h1-10,14,21-22,24H,11-13,15H2/t21-/m0/s1. The van der Waals surface area contributed by atoms with E-state index in [0.717, 1.165) is 25.1 Å². The van der Waals surface area contributed by atoms with Crippen molar-refractivity contribution < 1.29 is 5.11 Å². The number of nitrogens with zero attached hydrogens (tertiary/aromatic N) is 1. The number of benzene rings is 2. The molecule has 0 unspecified atom stereocenters. The molecule has 3 heteroatoms. The average molecular weight is 318 g/mol. The summed E-state index contributed by atoms with van der Waals surface area (Å²) in [6.45, 7) is 2.55. The Kier molecular flexibility index (Phi) is 4.20. The minimum Gasteiger partial charge on any atom is -0.387 e. The average Bonchev–Trinajstić information content (AvgIpc) is 3.07. The van der Waals surface area contributed by atoms with Crippen LogP contribution in [0.5, 0.6) is 0 Å². The number of hydrogen-bond donors (Lipinski definition) is 2. The van der Waals surface area contributed by atoms with Crippen molar-refractivity contribution in [3.05, 3.63) is 78.0 Å². The first-order valence-electron chi connectivity index (χ1n) is 8.52. The van der Waals surface area contributed by atoms with E-state index in [9.17, 15) is 5.11 Å². The minimum absolute atomic E-state index is 0.422. The minimum atomic E-state index is -0.422. The van der Waals surface area contributed by atoms with E-state index in [0.29, 0.717) is 6.54 Å². The molecule has 0 fully saturated rings. The van der Waals surface area contributed by atoms with E-state index in [4.69, 9.17) is 0 Å². The number of nitrogens with one attached hydrogen (secondary N) is 1. The number of β-amino-alcohol motifs (C(OH)–C–C–N with tert-alkyl or cyclic N) is 1. The summed E-state index contributed by atoms with van der Waals surface area (Å²) in [6, 6.07) is 18.3. The molecule has 0 spiro atoms. The highest BCUT2D eigenvalue weighted by Crippen LogP contribution is 2.29. The van der Waals surface area contributed by atoms with Crippen LogP contribution in [0.25, 0.3) is 16.5 Å². The Balaban J connectivity index is 1.46. The molecule has 2 heterocycles. The maximum Gasteiger partial charge on any atom is 0.0917 e. The van der Waals surface area contributed by atoms with Gasteiger partial charge in [0.1, 0.15) is 0 Å². The third-order valence-electron chi connectivity index (χ3n) is 4.84. The molecule has 0 bridgehead atoms. The Morgan fingerprint density at radius 2 is 1.83 bits per heavy atom. The van der Waals surface area contributed by atoms with Crippen LogP contribution >= 0.6 is 0 Å². The van der Waals surface area contributed by atoms with Crippen molar-refractivity contribution in [2.24, 2.45) is 0 Å². The van der Waals surface area contributed by atoms with Gasteiger partial charge in [-0.3, -0.25) is 4.90 Å². The van der Waals surface area contributed by atoms with Crippen LogP contribution in [0.1, 0.15) is 23.7 Å². The zero-order valence-electron chi connectivity index (χ0n) is 13.7. The first-order valence-corrected chi connectivity index (χ1v) is 8.52. The molecule has 0 saturated carbocycles. The van der Waals surface area contributed by atoms with Gasteiger partial charge in [-0.15, -0.1) is 0 Å². The van der Waals surface area contributed by atoms with Crippen LogP contribution in [0.4, 0.5) is 0 Å². The number of aliphatic hydroxyl groups is 1. The summed E-state index contributed by atoms with van der Waals surface area (Å²) in [7, 11) is 0. The van der Waals surface area contributed by atoms with E-state index in [1.54, 1.807) is 0 Å². The first kappa shape index (κ1) is 15.2. The predicted molar refractivity (Wildman–Crippen MR) is 98.7 cm³/mol. The molecule has 3 nitrogen and oxygen atoms in total. The molecular weight excluding hydrogens is 296 g/mol. The molecule has 0 saturated heterocycles. The van der Waals surface area contributed by atoms with Crippen LogP contribution in [0, 0.1) is 0 Å². The fourth-order valence-electron chi connectivity index (χ4n) is 3.48. The largest absolute Gasteiger partial charge is 0.387 e. The van der Waals surface area contributed by atoms with Crippen LogP contribution in [-0.2, 0) is 0 Å². The molecule has 1 aliphatic heterocycles. The summed E-state index contributed by atoms with van der Waals surface area (Å²) in [5, 5.41) is 11.7. The Morgan fingerprint density at radius 1 is 1.04 bits per heavy atom. The first-order chi connectivity index (χ1) is 11.8. The van der Waals surface area contributed by atoms with Crippen LogP contribution in [-0.4, -0.2) is 34.6 Å². The number of rotatable bonds is 4. The quantitative estimate of drug-likeness (QED) is 0.763. The number of hydrogen-bond acceptors (Lipinski definition) is 2. The highest BCUT2D eigenvalue weighted by atomic mass is 16.3. The van der Waals surface area contributed by atoms with Gasteiger partial charge < -0.3 is 10.1 Å². The van der Waals surface area contributed by atoms with Gasteiger partial charge in [0.05, 0.1) is 6.10 Å². The molecule has 3 aromatic rings. The zero-order valence-corrected chi connectivity index (χ0v) is 13.7. The van der Waals surface area contributed by atoms with Gasteiger partial charge in [0.25, 0.3) is 0 Å². The molecule has 0 radical (unpaired) electrons. The zero-order chi connectivity index (χ0) is 16.4. The third-order valence-corrected chi connectivity index (χ3v) is 4.84. The number of aromatic nitrogens is 1. The Hall–Kier alpha value is -2.36. The molecule has 24 heavy (non-hydrogen) atoms. The van der Waals surface area contributed by atoms with Gasteiger partial charge in [-0.2, -0.15) is 0 Å². The van der Waals surface area contributed by atoms with Crippen molar-refractivity contribution in [3.8, 4) is 0 Å². The number of fused-ring (bicyclic) bond motifs is 1. The van der Waals surface area contributed by atoms with E-state index in [2.05, 4.69) is 46.4 Å². The summed E-state index contributed by atoms with van der Waals surface area (Å²) in [5.74, 6) is 0. The van der Waals surface area contributed by atoms with Crippen molar-refractivity contribution in [1.82, 2.24) is 9.88 Å². The van der Waals surface area contributed by atoms with Crippen LogP contribution in [0.3, 0.4) is 0 Å². The van der Waals surface area contributed by atoms with Gasteiger partial charge in [-0.25, -0.2) is 0 Å². The van der Waals surface area contributed by atoms with E-state index in [1.165, 1.54) is 22.0 Å². The number of H-pyrrole nitrogens is 1. The molecule has 1 aromatic heterocycles. The molecule has 1 atom stereocenters. The molecule has 2 aromatic carbocycles. The molecule has 0 amide bonds. The van der Waals surface area contributed by atoms with Crippen molar-refractivity contribution in [2.45, 2.75) is 12.5 Å². The summed E-state index contributed by atoms with van der Waals surface area (Å²) in [5.41, 5.74) is 4.89. The fraction of sp³-hybridized carbons (Fsp3) is 0.238. The van der Waals surface area contributed by atoms with Gasteiger partial charge in [-0.05, 0) is 23.6 Å². The summed E-state index contributed by atoms with van der Waals surface area (Å²) in [4.78, 5) is 5.67. The van der Waals surface area contributed by atoms with Crippen molar-refractivity contribution in [2.75, 3.05) is 19.6 Å². The SMILES string of the molecule is O[C@@H](CN1CC=C(c2c[nH]c3ccccc23)CC1)c1ccccc1.